The Bertz CT molecular complexity index is 821. The molecule has 26 heavy (non-hydrogen) atoms. The van der Waals surface area contributed by atoms with Gasteiger partial charge in [0.05, 0.1) is 5.41 Å². The van der Waals surface area contributed by atoms with Gasteiger partial charge in [-0.25, -0.2) is 0 Å². The van der Waals surface area contributed by atoms with Gasteiger partial charge in [-0.3, -0.25) is 4.79 Å². The lowest BCUT2D eigenvalue weighted by Gasteiger charge is -2.58. The van der Waals surface area contributed by atoms with Crippen LogP contribution >= 0.6 is 11.6 Å². The fraction of sp³-hybridized carbons (Fsp3) is 0.550. The van der Waals surface area contributed by atoms with Crippen LogP contribution in [0.15, 0.2) is 34.9 Å². The van der Waals surface area contributed by atoms with Crippen molar-refractivity contribution < 1.29 is 14.1 Å². The average molecular weight is 373 g/mol. The van der Waals surface area contributed by atoms with E-state index in [9.17, 15) is 4.79 Å². The molecule has 0 aliphatic heterocycles. The normalized spacial score (nSPS) is 34.8. The highest BCUT2D eigenvalue weighted by molar-refractivity contribution is 6.24. The highest BCUT2D eigenvalue weighted by atomic mass is 35.5. The first-order valence-corrected chi connectivity index (χ1v) is 9.66. The predicted molar refractivity (Wildman–Crippen MR) is 95.2 cm³/mol. The number of aromatic nitrogens is 2. The average Bonchev–Trinajstić information content (AvgIpc) is 3.07. The summed E-state index contributed by atoms with van der Waals surface area (Å²) in [6.07, 6.45) is 5.88. The SMILES string of the molecule is O=C(OCc1nc(-c2ccccc2)no1)C12C[C@@H]3C[C@@H](CC(Cl)(C3)C1)C2. The van der Waals surface area contributed by atoms with E-state index in [-0.39, 0.29) is 17.5 Å². The van der Waals surface area contributed by atoms with Gasteiger partial charge in [-0.2, -0.15) is 4.98 Å². The molecule has 4 aliphatic rings. The molecule has 0 spiro atoms. The summed E-state index contributed by atoms with van der Waals surface area (Å²) in [6.45, 7) is 0.0189. The van der Waals surface area contributed by atoms with Gasteiger partial charge in [-0.15, -0.1) is 11.6 Å². The Kier molecular flexibility index (Phi) is 3.64. The van der Waals surface area contributed by atoms with Crippen molar-refractivity contribution in [3.63, 3.8) is 0 Å². The molecule has 2 aromatic rings. The van der Waals surface area contributed by atoms with Crippen LogP contribution in [0.2, 0.25) is 0 Å². The number of carbonyl (C=O) groups is 1. The fourth-order valence-corrected chi connectivity index (χ4v) is 6.38. The van der Waals surface area contributed by atoms with E-state index >= 15 is 0 Å². The number of carbonyl (C=O) groups excluding carboxylic acids is 1. The molecule has 6 rings (SSSR count). The first-order chi connectivity index (χ1) is 12.5. The van der Waals surface area contributed by atoms with Crippen molar-refractivity contribution in [1.29, 1.82) is 0 Å². The van der Waals surface area contributed by atoms with E-state index in [0.717, 1.165) is 37.7 Å². The molecule has 0 radical (unpaired) electrons. The summed E-state index contributed by atoms with van der Waals surface area (Å²) in [5.74, 6) is 1.81. The summed E-state index contributed by atoms with van der Waals surface area (Å²) >= 11 is 6.80. The zero-order valence-electron chi connectivity index (χ0n) is 14.5. The Labute approximate surface area is 157 Å². The lowest BCUT2D eigenvalue weighted by molar-refractivity contribution is -0.172. The number of rotatable bonds is 4. The van der Waals surface area contributed by atoms with Crippen LogP contribution in [0.5, 0.6) is 0 Å². The molecule has 4 aliphatic carbocycles. The summed E-state index contributed by atoms with van der Waals surface area (Å²) in [7, 11) is 0. The summed E-state index contributed by atoms with van der Waals surface area (Å²) in [4.78, 5) is 17.0. The van der Waals surface area contributed by atoms with E-state index in [0.29, 0.717) is 23.6 Å². The number of benzene rings is 1. The van der Waals surface area contributed by atoms with Gasteiger partial charge in [0.1, 0.15) is 0 Å². The second-order valence-electron chi connectivity index (χ2n) is 8.35. The second kappa shape index (κ2) is 5.81. The van der Waals surface area contributed by atoms with Crippen LogP contribution in [0.4, 0.5) is 0 Å². The highest BCUT2D eigenvalue weighted by Gasteiger charge is 2.60. The number of hydrogen-bond donors (Lipinski definition) is 0. The third-order valence-electron chi connectivity index (χ3n) is 6.25. The molecule has 4 bridgehead atoms. The lowest BCUT2D eigenvalue weighted by atomic mass is 9.49. The molecule has 5 nitrogen and oxygen atoms in total. The van der Waals surface area contributed by atoms with Crippen molar-refractivity contribution in [1.82, 2.24) is 10.1 Å². The van der Waals surface area contributed by atoms with Crippen LogP contribution in [0.25, 0.3) is 11.4 Å². The molecule has 1 aromatic heterocycles. The highest BCUT2D eigenvalue weighted by Crippen LogP contribution is 2.64. The molecule has 1 aromatic carbocycles. The Morgan fingerprint density at radius 1 is 1.19 bits per heavy atom. The molecule has 4 fully saturated rings. The minimum atomic E-state index is -0.409. The van der Waals surface area contributed by atoms with E-state index in [1.807, 2.05) is 30.3 Å². The Morgan fingerprint density at radius 3 is 2.62 bits per heavy atom. The topological polar surface area (TPSA) is 65.2 Å². The predicted octanol–water partition coefficient (Wildman–Crippen LogP) is 4.36. The van der Waals surface area contributed by atoms with E-state index in [2.05, 4.69) is 10.1 Å². The van der Waals surface area contributed by atoms with E-state index < -0.39 is 5.41 Å². The molecule has 0 N–H and O–H groups in total. The van der Waals surface area contributed by atoms with Gasteiger partial charge in [-0.05, 0) is 50.4 Å². The van der Waals surface area contributed by atoms with E-state index in [1.165, 1.54) is 6.42 Å². The molecule has 4 saturated carbocycles. The largest absolute Gasteiger partial charge is 0.455 e. The van der Waals surface area contributed by atoms with E-state index in [4.69, 9.17) is 20.9 Å². The lowest BCUT2D eigenvalue weighted by Crippen LogP contribution is -2.56. The summed E-state index contributed by atoms with van der Waals surface area (Å²) in [6, 6.07) is 9.59. The van der Waals surface area contributed by atoms with Crippen LogP contribution in [0.3, 0.4) is 0 Å². The Balaban J connectivity index is 1.28. The molecule has 2 unspecified atom stereocenters. The number of hydrogen-bond acceptors (Lipinski definition) is 5. The Morgan fingerprint density at radius 2 is 1.92 bits per heavy atom. The smallest absolute Gasteiger partial charge is 0.312 e. The molecule has 1 heterocycles. The van der Waals surface area contributed by atoms with Gasteiger partial charge in [0, 0.05) is 10.4 Å². The maximum atomic E-state index is 12.9. The summed E-state index contributed by atoms with van der Waals surface area (Å²) in [5.41, 5.74) is 0.465. The maximum Gasteiger partial charge on any atom is 0.312 e. The molecular formula is C20H21ClN2O3. The molecule has 0 amide bonds. The van der Waals surface area contributed by atoms with Crippen molar-refractivity contribution in [2.75, 3.05) is 0 Å². The van der Waals surface area contributed by atoms with Gasteiger partial charge in [-0.1, -0.05) is 35.5 Å². The number of nitrogens with zero attached hydrogens (tertiary/aromatic N) is 2. The van der Waals surface area contributed by atoms with Crippen molar-refractivity contribution in [3.8, 4) is 11.4 Å². The van der Waals surface area contributed by atoms with Crippen LogP contribution in [0.1, 0.15) is 44.4 Å². The monoisotopic (exact) mass is 372 g/mol. The summed E-state index contributed by atoms with van der Waals surface area (Å²) < 4.78 is 10.9. The third-order valence-corrected chi connectivity index (χ3v) is 6.69. The minimum absolute atomic E-state index is 0.0189. The number of ether oxygens (including phenoxy) is 1. The minimum Gasteiger partial charge on any atom is -0.455 e. The summed E-state index contributed by atoms with van der Waals surface area (Å²) in [5, 5.41) is 3.97. The van der Waals surface area contributed by atoms with Crippen LogP contribution in [-0.2, 0) is 16.1 Å². The van der Waals surface area contributed by atoms with Gasteiger partial charge < -0.3 is 9.26 Å². The van der Waals surface area contributed by atoms with Crippen molar-refractivity contribution in [2.45, 2.75) is 50.0 Å². The molecule has 4 atom stereocenters. The maximum absolute atomic E-state index is 12.9. The van der Waals surface area contributed by atoms with Crippen molar-refractivity contribution in [3.05, 3.63) is 36.2 Å². The Hall–Kier alpha value is -1.88. The molecule has 0 saturated heterocycles. The quantitative estimate of drug-likeness (QED) is 0.589. The van der Waals surface area contributed by atoms with E-state index in [1.54, 1.807) is 0 Å². The van der Waals surface area contributed by atoms with Gasteiger partial charge in [0.15, 0.2) is 6.61 Å². The van der Waals surface area contributed by atoms with Gasteiger partial charge >= 0.3 is 5.97 Å². The van der Waals surface area contributed by atoms with Crippen molar-refractivity contribution in [2.24, 2.45) is 17.3 Å². The van der Waals surface area contributed by atoms with Crippen LogP contribution in [-0.4, -0.2) is 21.0 Å². The first-order valence-electron chi connectivity index (χ1n) is 9.28. The van der Waals surface area contributed by atoms with Crippen LogP contribution < -0.4 is 0 Å². The first kappa shape index (κ1) is 16.3. The third kappa shape index (κ3) is 2.73. The fourth-order valence-electron chi connectivity index (χ4n) is 5.69. The van der Waals surface area contributed by atoms with Gasteiger partial charge in [0.2, 0.25) is 5.82 Å². The number of halogens is 1. The zero-order chi connectivity index (χ0) is 17.8. The number of esters is 1. The van der Waals surface area contributed by atoms with Crippen LogP contribution in [0, 0.1) is 17.3 Å². The molecule has 136 valence electrons. The second-order valence-corrected chi connectivity index (χ2v) is 9.15. The zero-order valence-corrected chi connectivity index (χ0v) is 15.2. The van der Waals surface area contributed by atoms with Gasteiger partial charge in [0.25, 0.3) is 5.89 Å². The molecular weight excluding hydrogens is 352 g/mol. The standard InChI is InChI=1S/C20H21ClN2O3/c21-20-9-13-6-14(10-20)8-19(7-13,12-20)18(24)25-11-16-22-17(23-26-16)15-4-2-1-3-5-15/h1-5,13-14H,6-12H2/t13-,14+,19?,20?. The molecule has 6 heteroatoms. The van der Waals surface area contributed by atoms with Crippen molar-refractivity contribution >= 4 is 17.6 Å². The number of alkyl halides is 1.